The van der Waals surface area contributed by atoms with Crippen LogP contribution in [0.5, 0.6) is 0 Å². The molecule has 0 atom stereocenters. The maximum absolute atomic E-state index is 12.0. The minimum atomic E-state index is -3.61. The van der Waals surface area contributed by atoms with Gasteiger partial charge in [0.15, 0.2) is 0 Å². The molecule has 0 radical (unpaired) electrons. The maximum atomic E-state index is 12.0. The first-order chi connectivity index (χ1) is 8.88. The normalized spacial score (nSPS) is 11.6. The van der Waals surface area contributed by atoms with Crippen molar-refractivity contribution in [2.24, 2.45) is 0 Å². The van der Waals surface area contributed by atoms with Crippen molar-refractivity contribution in [2.75, 3.05) is 5.73 Å². The summed E-state index contributed by atoms with van der Waals surface area (Å²) >= 11 is 0.993. The molecule has 2 aromatic rings. The Kier molecular flexibility index (Phi) is 3.74. The molecular weight excluding hydrogens is 286 g/mol. The number of aromatic amines is 1. The molecule has 0 saturated carbocycles. The molecule has 0 aliphatic heterocycles. The van der Waals surface area contributed by atoms with Gasteiger partial charge in [-0.15, -0.1) is 0 Å². The number of nitrogens with one attached hydrogen (secondary N) is 2. The van der Waals surface area contributed by atoms with E-state index in [0.29, 0.717) is 16.9 Å². The number of hydrogen-bond acceptors (Lipinski definition) is 5. The van der Waals surface area contributed by atoms with Gasteiger partial charge in [0.25, 0.3) is 0 Å². The molecule has 0 spiro atoms. The molecule has 6 nitrogen and oxygen atoms in total. The molecule has 1 aromatic carbocycles. The van der Waals surface area contributed by atoms with E-state index in [1.807, 2.05) is 0 Å². The van der Waals surface area contributed by atoms with E-state index in [2.05, 4.69) is 9.71 Å². The van der Waals surface area contributed by atoms with Gasteiger partial charge in [0, 0.05) is 16.8 Å². The van der Waals surface area contributed by atoms with Crippen LogP contribution >= 0.6 is 11.3 Å². The second-order valence-corrected chi connectivity index (χ2v) is 6.63. The molecule has 0 unspecified atom stereocenters. The van der Waals surface area contributed by atoms with E-state index in [4.69, 9.17) is 5.73 Å². The molecule has 0 fully saturated rings. The zero-order chi connectivity index (χ0) is 14.0. The van der Waals surface area contributed by atoms with Crippen molar-refractivity contribution in [1.82, 2.24) is 9.71 Å². The van der Waals surface area contributed by atoms with Crippen molar-refractivity contribution >= 4 is 27.0 Å². The molecular formula is C11H13N3O3S2. The van der Waals surface area contributed by atoms with Gasteiger partial charge in [0.05, 0.1) is 11.4 Å². The lowest BCUT2D eigenvalue weighted by atomic mass is 10.2. The molecule has 0 saturated heterocycles. The minimum Gasteiger partial charge on any atom is -0.399 e. The predicted octanol–water partition coefficient (Wildman–Crippen LogP) is 0.806. The number of thiazole rings is 1. The third-order valence-electron chi connectivity index (χ3n) is 2.58. The van der Waals surface area contributed by atoms with Crippen LogP contribution in [0.15, 0.2) is 33.3 Å². The van der Waals surface area contributed by atoms with Gasteiger partial charge in [-0.3, -0.25) is 4.79 Å². The highest BCUT2D eigenvalue weighted by Crippen LogP contribution is 2.16. The highest BCUT2D eigenvalue weighted by Gasteiger charge is 2.14. The summed E-state index contributed by atoms with van der Waals surface area (Å²) in [5.41, 5.74) is 7.42. The Bertz CT molecular complexity index is 747. The molecule has 2 rings (SSSR count). The van der Waals surface area contributed by atoms with E-state index in [-0.39, 0.29) is 16.3 Å². The predicted molar refractivity (Wildman–Crippen MR) is 74.6 cm³/mol. The lowest BCUT2D eigenvalue weighted by molar-refractivity contribution is 0.580. The Morgan fingerprint density at radius 3 is 2.74 bits per heavy atom. The van der Waals surface area contributed by atoms with Crippen LogP contribution < -0.4 is 15.3 Å². The Hall–Kier alpha value is -1.64. The minimum absolute atomic E-state index is 0.0461. The average Bonchev–Trinajstić information content (AvgIpc) is 2.76. The molecule has 8 heteroatoms. The number of anilines is 1. The van der Waals surface area contributed by atoms with Crippen molar-refractivity contribution < 1.29 is 8.42 Å². The SMILES string of the molecule is Cc1cc(S(=O)(=O)NCc2csc(=O)[nH]2)ccc1N. The smallest absolute Gasteiger partial charge is 0.304 e. The van der Waals surface area contributed by atoms with Crippen LogP contribution in [-0.2, 0) is 16.6 Å². The van der Waals surface area contributed by atoms with E-state index in [9.17, 15) is 13.2 Å². The number of aryl methyl sites for hydroxylation is 1. The zero-order valence-corrected chi connectivity index (χ0v) is 11.8. The number of sulfonamides is 1. The largest absolute Gasteiger partial charge is 0.399 e. The highest BCUT2D eigenvalue weighted by atomic mass is 32.2. The van der Waals surface area contributed by atoms with Crippen molar-refractivity contribution in [1.29, 1.82) is 0 Å². The van der Waals surface area contributed by atoms with Gasteiger partial charge in [0.2, 0.25) is 10.0 Å². The second kappa shape index (κ2) is 5.16. The van der Waals surface area contributed by atoms with Crippen molar-refractivity contribution in [2.45, 2.75) is 18.4 Å². The van der Waals surface area contributed by atoms with Crippen LogP contribution in [0.4, 0.5) is 5.69 Å². The number of rotatable bonds is 4. The van der Waals surface area contributed by atoms with Crippen LogP contribution in [0.1, 0.15) is 11.3 Å². The summed E-state index contributed by atoms with van der Waals surface area (Å²) in [5, 5.41) is 1.58. The topological polar surface area (TPSA) is 105 Å². The van der Waals surface area contributed by atoms with Gasteiger partial charge in [-0.2, -0.15) is 0 Å². The lowest BCUT2D eigenvalue weighted by Crippen LogP contribution is -2.23. The summed E-state index contributed by atoms with van der Waals surface area (Å²) < 4.78 is 26.5. The Morgan fingerprint density at radius 1 is 1.42 bits per heavy atom. The quantitative estimate of drug-likeness (QED) is 0.726. The molecule has 0 aliphatic rings. The van der Waals surface area contributed by atoms with E-state index in [1.54, 1.807) is 18.4 Å². The second-order valence-electron chi connectivity index (χ2n) is 4.02. The molecule has 4 N–H and O–H groups in total. The molecule has 0 aliphatic carbocycles. The van der Waals surface area contributed by atoms with Gasteiger partial charge in [-0.1, -0.05) is 11.3 Å². The summed E-state index contributed by atoms with van der Waals surface area (Å²) in [6.07, 6.45) is 0. The summed E-state index contributed by atoms with van der Waals surface area (Å²) in [6.45, 7) is 1.79. The number of aromatic nitrogens is 1. The molecule has 1 aromatic heterocycles. The summed E-state index contributed by atoms with van der Waals surface area (Å²) in [4.78, 5) is 13.4. The summed E-state index contributed by atoms with van der Waals surface area (Å²) in [7, 11) is -3.61. The van der Waals surface area contributed by atoms with Crippen molar-refractivity contribution in [3.05, 3.63) is 44.5 Å². The van der Waals surface area contributed by atoms with Gasteiger partial charge < -0.3 is 10.7 Å². The van der Waals surface area contributed by atoms with Crippen LogP contribution in [-0.4, -0.2) is 13.4 Å². The van der Waals surface area contributed by atoms with Crippen molar-refractivity contribution in [3.63, 3.8) is 0 Å². The highest BCUT2D eigenvalue weighted by molar-refractivity contribution is 7.89. The average molecular weight is 299 g/mol. The van der Waals surface area contributed by atoms with Crippen molar-refractivity contribution in [3.8, 4) is 0 Å². The molecule has 0 bridgehead atoms. The van der Waals surface area contributed by atoms with Crippen LogP contribution in [0.3, 0.4) is 0 Å². The fraction of sp³-hybridized carbons (Fsp3) is 0.182. The third kappa shape index (κ3) is 3.22. The van der Waals surface area contributed by atoms with Gasteiger partial charge >= 0.3 is 4.87 Å². The van der Waals surface area contributed by atoms with Crippen LogP contribution in [0.25, 0.3) is 0 Å². The lowest BCUT2D eigenvalue weighted by Gasteiger charge is -2.07. The first kappa shape index (κ1) is 13.8. The number of benzene rings is 1. The van der Waals surface area contributed by atoms with E-state index in [1.165, 1.54) is 12.1 Å². The number of hydrogen-bond donors (Lipinski definition) is 3. The molecule has 0 amide bonds. The first-order valence-corrected chi connectivity index (χ1v) is 7.77. The van der Waals surface area contributed by atoms with E-state index >= 15 is 0 Å². The Labute approximate surface area is 114 Å². The van der Waals surface area contributed by atoms with Gasteiger partial charge in [-0.25, -0.2) is 13.1 Å². The first-order valence-electron chi connectivity index (χ1n) is 5.41. The Morgan fingerprint density at radius 2 is 2.16 bits per heavy atom. The fourth-order valence-electron chi connectivity index (χ4n) is 1.47. The molecule has 102 valence electrons. The monoisotopic (exact) mass is 299 g/mol. The molecule has 1 heterocycles. The van der Waals surface area contributed by atoms with Gasteiger partial charge in [0.1, 0.15) is 0 Å². The zero-order valence-electron chi connectivity index (χ0n) is 10.1. The molecule has 19 heavy (non-hydrogen) atoms. The Balaban J connectivity index is 2.18. The number of nitrogen functional groups attached to an aromatic ring is 1. The van der Waals surface area contributed by atoms with Crippen LogP contribution in [0, 0.1) is 6.92 Å². The fourth-order valence-corrected chi connectivity index (χ4v) is 3.14. The standard InChI is InChI=1S/C11H13N3O3S2/c1-7-4-9(2-3-10(7)12)19(16,17)13-5-8-6-18-11(15)14-8/h2-4,6,13H,5,12H2,1H3,(H,14,15). The van der Waals surface area contributed by atoms with E-state index in [0.717, 1.165) is 11.3 Å². The van der Waals surface area contributed by atoms with Crippen LogP contribution in [0.2, 0.25) is 0 Å². The van der Waals surface area contributed by atoms with Gasteiger partial charge in [-0.05, 0) is 30.7 Å². The summed E-state index contributed by atoms with van der Waals surface area (Å²) in [6, 6.07) is 4.51. The third-order valence-corrected chi connectivity index (χ3v) is 4.69. The number of H-pyrrole nitrogens is 1. The maximum Gasteiger partial charge on any atom is 0.304 e. The van der Waals surface area contributed by atoms with E-state index < -0.39 is 10.0 Å². The number of nitrogens with two attached hydrogens (primary N) is 1. The summed E-state index contributed by atoms with van der Waals surface area (Å²) in [5.74, 6) is 0.